The summed E-state index contributed by atoms with van der Waals surface area (Å²) in [6.07, 6.45) is 0. The molecule has 0 aliphatic carbocycles. The first kappa shape index (κ1) is 46.8. The molecule has 21 aliphatic heterocycles. The van der Waals surface area contributed by atoms with E-state index in [1.54, 1.807) is 0 Å². The van der Waals surface area contributed by atoms with Crippen molar-refractivity contribution >= 4 is 0 Å². The molecule has 8 aromatic carbocycles. The summed E-state index contributed by atoms with van der Waals surface area (Å²) in [4.78, 5) is 39.7. The van der Waals surface area contributed by atoms with E-state index < -0.39 is 0 Å². The first-order chi connectivity index (χ1) is 38.3. The van der Waals surface area contributed by atoms with Crippen molar-refractivity contribution in [3.8, 4) is 155 Å². The lowest BCUT2D eigenvalue weighted by atomic mass is 9.93. The molecule has 18 heteroatoms. The van der Waals surface area contributed by atoms with Gasteiger partial charge in [0.05, 0.1) is 21.3 Å². The van der Waals surface area contributed by atoms with E-state index in [-0.39, 0.29) is 54.1 Å². The Morgan fingerprint density at radius 2 is 0.359 bits per heavy atom. The van der Waals surface area contributed by atoms with E-state index in [1.165, 1.54) is 21.3 Å². The molecule has 378 valence electrons. The van der Waals surface area contributed by atoms with Gasteiger partial charge in [-0.2, -0.15) is 0 Å². The van der Waals surface area contributed by atoms with Crippen LogP contribution >= 0.6 is 0 Å². The summed E-state index contributed by atoms with van der Waals surface area (Å²) in [5, 5.41) is 0. The van der Waals surface area contributed by atoms with Crippen molar-refractivity contribution in [3.63, 3.8) is 0 Å². The van der Waals surface area contributed by atoms with Crippen LogP contribution in [0.2, 0.25) is 0 Å². The van der Waals surface area contributed by atoms with Crippen LogP contribution in [0.4, 0.5) is 0 Å². The number of rotatable bonds is 3. The van der Waals surface area contributed by atoms with Crippen LogP contribution in [0.25, 0.3) is 66.8 Å². The second kappa shape index (κ2) is 20.0. The third-order valence-electron chi connectivity index (χ3n) is 12.5. The molecule has 3 aromatic heterocycles. The lowest BCUT2D eigenvalue weighted by Gasteiger charge is -2.14. The van der Waals surface area contributed by atoms with Crippen molar-refractivity contribution in [2.45, 2.75) is 0 Å². The fourth-order valence-corrected chi connectivity index (χ4v) is 8.69. The van der Waals surface area contributed by atoms with Crippen molar-refractivity contribution < 1.29 is 42.6 Å². The molecule has 78 heavy (non-hydrogen) atoms. The smallest absolute Gasteiger partial charge is 0.331 e. The van der Waals surface area contributed by atoms with Crippen LogP contribution in [0, 0.1) is 0 Å². The van der Waals surface area contributed by atoms with Gasteiger partial charge in [-0.1, -0.05) is 72.8 Å². The Kier molecular flexibility index (Phi) is 12.0. The summed E-state index contributed by atoms with van der Waals surface area (Å²) < 4.78 is 53.5. The average Bonchev–Trinajstić information content (AvgIpc) is 3.53. The van der Waals surface area contributed by atoms with Crippen molar-refractivity contribution in [1.29, 1.82) is 0 Å². The monoisotopic (exact) mass is 1030 g/mol. The molecule has 0 spiro atoms. The number of benzene rings is 8. The molecule has 18 nitrogen and oxygen atoms in total. The Balaban J connectivity index is 0.985. The van der Waals surface area contributed by atoms with Crippen LogP contribution in [0.1, 0.15) is 0 Å². The maximum absolute atomic E-state index is 6.20. The highest BCUT2D eigenvalue weighted by molar-refractivity contribution is 5.83. The molecule has 21 aliphatic rings. The van der Waals surface area contributed by atoms with Gasteiger partial charge in [0.2, 0.25) is 0 Å². The van der Waals surface area contributed by atoms with Crippen molar-refractivity contribution in [2.75, 3.05) is 21.3 Å². The van der Waals surface area contributed by atoms with Gasteiger partial charge in [-0.3, -0.25) is 0 Å². The van der Waals surface area contributed by atoms with Gasteiger partial charge >= 0.3 is 54.1 Å². The molecule has 11 aromatic rings. The summed E-state index contributed by atoms with van der Waals surface area (Å²) in [5.41, 5.74) is 10.9. The molecular formula is C60H39N9O9. The van der Waals surface area contributed by atoms with Gasteiger partial charge in [0, 0.05) is 0 Å². The van der Waals surface area contributed by atoms with E-state index >= 15 is 0 Å². The molecule has 0 amide bonds. The highest BCUT2D eigenvalue weighted by Gasteiger charge is 2.18. The fourth-order valence-electron chi connectivity index (χ4n) is 8.69. The topological polar surface area (TPSA) is 199 Å². The van der Waals surface area contributed by atoms with E-state index in [0.717, 1.165) is 66.8 Å². The first-order valence-corrected chi connectivity index (χ1v) is 24.2. The normalized spacial score (nSPS) is 11.9. The molecular weight excluding hydrogens is 991 g/mol. The van der Waals surface area contributed by atoms with Crippen LogP contribution in [-0.2, 0) is 0 Å². The fraction of sp³-hybridized carbons (Fsp3) is 0.0500. The van der Waals surface area contributed by atoms with Crippen molar-refractivity contribution in [1.82, 2.24) is 44.9 Å². The van der Waals surface area contributed by atoms with E-state index in [1.807, 2.05) is 146 Å². The average molecular weight is 1030 g/mol. The van der Waals surface area contributed by atoms with Crippen LogP contribution in [0.5, 0.6) is 88.6 Å². The lowest BCUT2D eigenvalue weighted by molar-refractivity contribution is 0.336. The molecule has 0 unspecified atom stereocenters. The number of ether oxygens (including phenoxy) is 9. The minimum absolute atomic E-state index is 0.0165. The zero-order valence-electron chi connectivity index (χ0n) is 41.5. The number of hydrogen-bond donors (Lipinski definition) is 0. The van der Waals surface area contributed by atoms with Crippen LogP contribution < -0.4 is 42.6 Å². The van der Waals surface area contributed by atoms with Crippen LogP contribution in [0.15, 0.2) is 182 Å². The Morgan fingerprint density at radius 3 is 0.500 bits per heavy atom. The Labute approximate surface area is 444 Å². The highest BCUT2D eigenvalue weighted by atomic mass is 16.5. The number of nitrogens with zero attached hydrogens (tertiary/aromatic N) is 9. The Bertz CT molecular complexity index is 3340. The minimum Gasteiger partial charge on any atom is -0.467 e. The van der Waals surface area contributed by atoms with E-state index in [9.17, 15) is 0 Å². The largest absolute Gasteiger partial charge is 0.467 e. The van der Waals surface area contributed by atoms with Gasteiger partial charge in [-0.25, -0.2) is 0 Å². The Hall–Kier alpha value is -11.0. The van der Waals surface area contributed by atoms with Gasteiger partial charge in [-0.15, -0.1) is 44.9 Å². The zero-order chi connectivity index (χ0) is 52.5. The number of methoxy groups -OCH3 is 3. The van der Waals surface area contributed by atoms with Gasteiger partial charge in [0.25, 0.3) is 0 Å². The van der Waals surface area contributed by atoms with Crippen LogP contribution in [-0.4, -0.2) is 66.2 Å². The molecule has 0 saturated carbocycles. The van der Waals surface area contributed by atoms with E-state index in [4.69, 9.17) is 42.6 Å². The standard InChI is InChI=1S/C60H39N9O9/c1-70-52-61-55-67-56(62-52)74-47-18-6-35(7-19-47)41-29-43-33-45(31-41)39-14-26-51(27-15-39)78-60-66-54(72-3)65-59(69-60)77-50-24-12-38(13-25-50)44-30-40(34-4-16-46(73-55)17-5-34)28-42(32-44)36-8-20-48(21-9-36)75-57-63-53(71-2)64-58(68-57)76-49-22-10-37(43)11-23-49/h4-33H,1-3H3. The molecule has 24 bridgehead atoms. The van der Waals surface area contributed by atoms with E-state index in [0.29, 0.717) is 34.5 Å². The third-order valence-corrected chi connectivity index (χ3v) is 12.5. The molecule has 0 saturated heterocycles. The molecule has 24 heterocycles. The summed E-state index contributed by atoms with van der Waals surface area (Å²) in [5.74, 6) is 2.83. The van der Waals surface area contributed by atoms with Gasteiger partial charge in [0.1, 0.15) is 34.5 Å². The van der Waals surface area contributed by atoms with Gasteiger partial charge in [0.15, 0.2) is 0 Å². The summed E-state index contributed by atoms with van der Waals surface area (Å²) in [7, 11) is 4.39. The SMILES string of the molecule is COc1nc2nc(n1)Oc1ccc(cc1)-c1cc3cc(c1)-c1ccc(cc1)Oc1nc(OC)nc(n1)Oc1ccc(cc1)-c1cc(cc(c1)-c1ccc(cc1)Oc1nc(OC)nc(n1)Oc1ccc-3cc1)-c1ccc(cc1)O2. The van der Waals surface area contributed by atoms with Crippen LogP contribution in [0.3, 0.4) is 0 Å². The molecule has 32 rings (SSSR count). The lowest BCUT2D eigenvalue weighted by Crippen LogP contribution is -2.01. The maximum Gasteiger partial charge on any atom is 0.331 e. The quantitative estimate of drug-likeness (QED) is 0.162. The van der Waals surface area contributed by atoms with Gasteiger partial charge < -0.3 is 42.6 Å². The zero-order valence-corrected chi connectivity index (χ0v) is 41.5. The third kappa shape index (κ3) is 10.0. The molecule has 0 fully saturated rings. The van der Waals surface area contributed by atoms with E-state index in [2.05, 4.69) is 81.3 Å². The Morgan fingerprint density at radius 1 is 0.205 bits per heavy atom. The summed E-state index contributed by atoms with van der Waals surface area (Å²) >= 11 is 0. The highest BCUT2D eigenvalue weighted by Crippen LogP contribution is 2.39. The van der Waals surface area contributed by atoms with Crippen molar-refractivity contribution in [3.05, 3.63) is 182 Å². The summed E-state index contributed by atoms with van der Waals surface area (Å²) in [6, 6.07) is 58.1. The second-order valence-corrected chi connectivity index (χ2v) is 17.5. The van der Waals surface area contributed by atoms with Gasteiger partial charge in [-0.05, 0) is 176 Å². The first-order valence-electron chi connectivity index (χ1n) is 24.2. The molecule has 0 N–H and O–H groups in total. The maximum atomic E-state index is 6.20. The molecule has 0 radical (unpaired) electrons. The van der Waals surface area contributed by atoms with Crippen molar-refractivity contribution in [2.24, 2.45) is 0 Å². The number of hydrogen-bond acceptors (Lipinski definition) is 18. The number of aromatic nitrogens is 9. The molecule has 0 atom stereocenters. The minimum atomic E-state index is -0.0176. The predicted molar refractivity (Wildman–Crippen MR) is 285 cm³/mol. The second-order valence-electron chi connectivity index (χ2n) is 17.5. The summed E-state index contributed by atoms with van der Waals surface area (Å²) in [6.45, 7) is 0. The predicted octanol–water partition coefficient (Wildman–Crippen LogP) is 13.6.